The lowest BCUT2D eigenvalue weighted by molar-refractivity contribution is 0.649. The van der Waals surface area contributed by atoms with Crippen molar-refractivity contribution in [3.8, 4) is 55.6 Å². The number of fused-ring (bicyclic) bond motifs is 19. The molecular formula is C67H50O2. The van der Waals surface area contributed by atoms with Crippen LogP contribution in [0.25, 0.3) is 121 Å². The molecule has 0 amide bonds. The molecule has 2 nitrogen and oxygen atoms in total. The van der Waals surface area contributed by atoms with Crippen molar-refractivity contribution in [1.29, 1.82) is 0 Å². The third-order valence-corrected chi connectivity index (χ3v) is 17.4. The first-order valence-corrected chi connectivity index (χ1v) is 24.7. The highest BCUT2D eigenvalue weighted by atomic mass is 16.3. The maximum absolute atomic E-state index is 6.56. The number of hydrogen-bond donors (Lipinski definition) is 0. The fourth-order valence-corrected chi connectivity index (χ4v) is 13.8. The molecule has 0 N–H and O–H groups in total. The summed E-state index contributed by atoms with van der Waals surface area (Å²) in [5.41, 5.74) is 27.2. The summed E-state index contributed by atoms with van der Waals surface area (Å²) in [4.78, 5) is 0. The average Bonchev–Trinajstić information content (AvgIpc) is 4.10. The van der Waals surface area contributed by atoms with E-state index in [1.54, 1.807) is 0 Å². The normalized spacial score (nSPS) is 15.6. The molecule has 15 rings (SSSR count). The Kier molecular flexibility index (Phi) is 7.35. The Bertz CT molecular complexity index is 4070. The number of benzene rings is 10. The molecule has 3 aliphatic rings. The van der Waals surface area contributed by atoms with Crippen molar-refractivity contribution in [1.82, 2.24) is 0 Å². The van der Waals surface area contributed by atoms with Crippen molar-refractivity contribution in [3.05, 3.63) is 202 Å². The minimum absolute atomic E-state index is 0.210. The highest BCUT2D eigenvalue weighted by Gasteiger charge is 2.46. The van der Waals surface area contributed by atoms with Gasteiger partial charge in [0.1, 0.15) is 22.3 Å². The summed E-state index contributed by atoms with van der Waals surface area (Å²) >= 11 is 0. The van der Waals surface area contributed by atoms with Gasteiger partial charge in [-0.1, -0.05) is 139 Å². The molecule has 69 heavy (non-hydrogen) atoms. The number of rotatable bonds is 2. The molecule has 330 valence electrons. The van der Waals surface area contributed by atoms with E-state index in [9.17, 15) is 0 Å². The molecule has 12 aromatic rings. The van der Waals surface area contributed by atoms with Gasteiger partial charge in [-0.25, -0.2) is 0 Å². The van der Waals surface area contributed by atoms with Gasteiger partial charge in [0.2, 0.25) is 0 Å². The van der Waals surface area contributed by atoms with E-state index >= 15 is 0 Å². The van der Waals surface area contributed by atoms with Gasteiger partial charge in [-0.2, -0.15) is 0 Å². The van der Waals surface area contributed by atoms with Crippen LogP contribution in [0.2, 0.25) is 0 Å². The van der Waals surface area contributed by atoms with Crippen LogP contribution in [0.1, 0.15) is 86.1 Å². The summed E-state index contributed by atoms with van der Waals surface area (Å²) in [7, 11) is 0. The highest BCUT2D eigenvalue weighted by molar-refractivity contribution is 6.15. The zero-order valence-corrected chi connectivity index (χ0v) is 40.3. The smallest absolute Gasteiger partial charge is 0.138 e. The van der Waals surface area contributed by atoms with Gasteiger partial charge in [-0.15, -0.1) is 0 Å². The van der Waals surface area contributed by atoms with Gasteiger partial charge in [-0.05, 0) is 185 Å². The predicted octanol–water partition coefficient (Wildman–Crippen LogP) is 18.7. The predicted molar refractivity (Wildman–Crippen MR) is 289 cm³/mol. The Hall–Kier alpha value is -7.68. The van der Waals surface area contributed by atoms with Crippen LogP contribution in [0, 0.1) is 13.8 Å². The van der Waals surface area contributed by atoms with E-state index in [0.717, 1.165) is 22.3 Å². The lowest BCUT2D eigenvalue weighted by Gasteiger charge is -2.25. The van der Waals surface area contributed by atoms with E-state index in [-0.39, 0.29) is 16.2 Å². The second kappa shape index (κ2) is 12.9. The number of furan rings is 2. The summed E-state index contributed by atoms with van der Waals surface area (Å²) in [6, 6.07) is 59.5. The molecule has 2 aromatic heterocycles. The van der Waals surface area contributed by atoms with Crippen molar-refractivity contribution in [3.63, 3.8) is 0 Å². The third-order valence-electron chi connectivity index (χ3n) is 17.4. The maximum atomic E-state index is 6.56. The molecule has 0 atom stereocenters. The Labute approximate surface area is 401 Å². The zero-order chi connectivity index (χ0) is 46.6. The Balaban J connectivity index is 0.896. The van der Waals surface area contributed by atoms with Crippen molar-refractivity contribution in [2.45, 2.75) is 71.6 Å². The second-order valence-corrected chi connectivity index (χ2v) is 22.0. The van der Waals surface area contributed by atoms with Crippen LogP contribution >= 0.6 is 0 Å². The second-order valence-electron chi connectivity index (χ2n) is 22.0. The number of aryl methyl sites for hydroxylation is 2. The first-order valence-electron chi connectivity index (χ1n) is 24.7. The molecule has 0 unspecified atom stereocenters. The zero-order valence-electron chi connectivity index (χ0n) is 40.3. The minimum Gasteiger partial charge on any atom is -0.456 e. The van der Waals surface area contributed by atoms with Crippen LogP contribution in [-0.4, -0.2) is 0 Å². The molecule has 0 bridgehead atoms. The van der Waals surface area contributed by atoms with Gasteiger partial charge in [0, 0.05) is 48.9 Å². The van der Waals surface area contributed by atoms with Crippen LogP contribution in [0.15, 0.2) is 167 Å². The van der Waals surface area contributed by atoms with E-state index in [1.807, 2.05) is 0 Å². The van der Waals surface area contributed by atoms with Crippen LogP contribution in [-0.2, 0) is 16.2 Å². The van der Waals surface area contributed by atoms with Crippen LogP contribution in [0.4, 0.5) is 0 Å². The monoisotopic (exact) mass is 886 g/mol. The van der Waals surface area contributed by atoms with Crippen molar-refractivity contribution in [2.75, 3.05) is 0 Å². The molecule has 0 fully saturated rings. The quantitative estimate of drug-likeness (QED) is 0.173. The Morgan fingerprint density at radius 1 is 0.275 bits per heavy atom. The molecule has 0 radical (unpaired) electrons. The molecule has 0 aliphatic heterocycles. The van der Waals surface area contributed by atoms with Crippen LogP contribution < -0.4 is 0 Å². The van der Waals surface area contributed by atoms with Gasteiger partial charge >= 0.3 is 0 Å². The number of para-hydroxylation sites is 2. The maximum Gasteiger partial charge on any atom is 0.138 e. The molecule has 0 saturated heterocycles. The minimum atomic E-state index is -0.228. The lowest BCUT2D eigenvalue weighted by atomic mass is 9.78. The Morgan fingerprint density at radius 3 is 1.01 bits per heavy atom. The fraction of sp³-hybridized carbons (Fsp3) is 0.164. The van der Waals surface area contributed by atoms with E-state index < -0.39 is 0 Å². The number of hydrogen-bond acceptors (Lipinski definition) is 2. The summed E-state index contributed by atoms with van der Waals surface area (Å²) in [6.45, 7) is 19.1. The molecule has 10 aromatic carbocycles. The third kappa shape index (κ3) is 4.82. The first kappa shape index (κ1) is 39.3. The van der Waals surface area contributed by atoms with Crippen LogP contribution in [0.3, 0.4) is 0 Å². The largest absolute Gasteiger partial charge is 0.456 e. The summed E-state index contributed by atoms with van der Waals surface area (Å²) in [5, 5.41) is 9.85. The Morgan fingerprint density at radius 2 is 0.594 bits per heavy atom. The van der Waals surface area contributed by atoms with Gasteiger partial charge in [0.15, 0.2) is 0 Å². The molecule has 3 aliphatic carbocycles. The van der Waals surface area contributed by atoms with E-state index in [0.29, 0.717) is 0 Å². The summed E-state index contributed by atoms with van der Waals surface area (Å²) < 4.78 is 13.1. The molecule has 0 spiro atoms. The molecule has 2 heterocycles. The highest BCUT2D eigenvalue weighted by Crippen LogP contribution is 2.62. The molecule has 0 saturated carbocycles. The lowest BCUT2D eigenvalue weighted by Crippen LogP contribution is -2.17. The van der Waals surface area contributed by atoms with Gasteiger partial charge in [-0.3, -0.25) is 0 Å². The molecule has 2 heteroatoms. The van der Waals surface area contributed by atoms with Crippen LogP contribution in [0.5, 0.6) is 0 Å². The standard InChI is InChI=1S/C67H50O2/c1-35-37(25-27-45-41-19-13-15-23-59(41)68-63(35)45)47-29-57-61(43-21-11-9-17-39(43)47)51-33-53-49(31-55(51)66(57,5)6)50-32-56-52(34-54(50)65(53,3)4)62-44-22-12-10-18-40(44)48(30-58(62)67(56,7)8)38-26-28-46-42-20-14-16-24-60(42)69-64(46)36(38)2/h9-34H,1-8H3. The molecular weight excluding hydrogens is 837 g/mol. The summed E-state index contributed by atoms with van der Waals surface area (Å²) in [6.07, 6.45) is 0. The van der Waals surface area contributed by atoms with Crippen molar-refractivity contribution < 1.29 is 8.83 Å². The van der Waals surface area contributed by atoms with E-state index in [4.69, 9.17) is 8.83 Å². The van der Waals surface area contributed by atoms with Gasteiger partial charge in [0.05, 0.1) is 0 Å². The van der Waals surface area contributed by atoms with Gasteiger partial charge in [0.25, 0.3) is 0 Å². The average molecular weight is 887 g/mol. The topological polar surface area (TPSA) is 26.3 Å². The van der Waals surface area contributed by atoms with E-state index in [1.165, 1.54) is 143 Å². The van der Waals surface area contributed by atoms with Gasteiger partial charge < -0.3 is 8.83 Å². The summed E-state index contributed by atoms with van der Waals surface area (Å²) in [5.74, 6) is 0. The first-order chi connectivity index (χ1) is 33.3. The SMILES string of the molecule is Cc1c(-c2cc3c(c4ccccc24)-c2cc4c(cc2C3(C)C)-c2cc3c(cc2C4(C)C)-c2c(cc(-c4ccc5c(oc6ccccc65)c4C)c4ccccc24)C3(C)C)ccc2c1oc1ccccc12. The van der Waals surface area contributed by atoms with Crippen molar-refractivity contribution in [2.24, 2.45) is 0 Å². The van der Waals surface area contributed by atoms with E-state index in [2.05, 4.69) is 213 Å². The fourth-order valence-electron chi connectivity index (χ4n) is 13.8. The van der Waals surface area contributed by atoms with Crippen molar-refractivity contribution >= 4 is 65.4 Å².